The van der Waals surface area contributed by atoms with E-state index in [2.05, 4.69) is 27.2 Å². The Bertz CT molecular complexity index is 339. The Hall–Kier alpha value is -1.16. The third kappa shape index (κ3) is 1.78. The van der Waals surface area contributed by atoms with Crippen molar-refractivity contribution in [3.63, 3.8) is 0 Å². The Morgan fingerprint density at radius 3 is 2.62 bits per heavy atom. The SMILES string of the molecule is CN1C2CCC1CC(Nc1cnccn1)C2. The molecule has 1 aromatic heterocycles. The van der Waals surface area contributed by atoms with Gasteiger partial charge < -0.3 is 10.2 Å². The number of nitrogens with one attached hydrogen (secondary N) is 1. The van der Waals surface area contributed by atoms with Crippen molar-refractivity contribution in [1.29, 1.82) is 0 Å². The van der Waals surface area contributed by atoms with Crippen LogP contribution in [0.3, 0.4) is 0 Å². The highest BCUT2D eigenvalue weighted by atomic mass is 15.2. The van der Waals surface area contributed by atoms with E-state index in [0.717, 1.165) is 17.9 Å². The van der Waals surface area contributed by atoms with Crippen molar-refractivity contribution in [2.45, 2.75) is 43.8 Å². The normalized spacial score (nSPS) is 33.9. The van der Waals surface area contributed by atoms with Crippen LogP contribution < -0.4 is 5.32 Å². The van der Waals surface area contributed by atoms with E-state index in [9.17, 15) is 0 Å². The van der Waals surface area contributed by atoms with Gasteiger partial charge in [-0.25, -0.2) is 4.98 Å². The molecule has 0 saturated carbocycles. The van der Waals surface area contributed by atoms with E-state index in [0.29, 0.717) is 6.04 Å². The van der Waals surface area contributed by atoms with E-state index in [1.54, 1.807) is 18.6 Å². The highest BCUT2D eigenvalue weighted by Gasteiger charge is 2.38. The maximum Gasteiger partial charge on any atom is 0.144 e. The van der Waals surface area contributed by atoms with E-state index < -0.39 is 0 Å². The first kappa shape index (κ1) is 10.0. The van der Waals surface area contributed by atoms with E-state index in [-0.39, 0.29) is 0 Å². The number of hydrogen-bond donors (Lipinski definition) is 1. The zero-order valence-electron chi connectivity index (χ0n) is 9.63. The zero-order valence-corrected chi connectivity index (χ0v) is 9.63. The summed E-state index contributed by atoms with van der Waals surface area (Å²) in [6.45, 7) is 0. The highest BCUT2D eigenvalue weighted by molar-refractivity contribution is 5.32. The number of fused-ring (bicyclic) bond motifs is 2. The van der Waals surface area contributed by atoms with Crippen LogP contribution in [0, 0.1) is 0 Å². The minimum Gasteiger partial charge on any atom is -0.366 e. The molecular formula is C12H18N4. The number of aromatic nitrogens is 2. The van der Waals surface area contributed by atoms with Crippen LogP contribution in [-0.2, 0) is 0 Å². The molecule has 16 heavy (non-hydrogen) atoms. The van der Waals surface area contributed by atoms with Gasteiger partial charge in [0.1, 0.15) is 5.82 Å². The topological polar surface area (TPSA) is 41.0 Å². The molecule has 2 bridgehead atoms. The fraction of sp³-hybridized carbons (Fsp3) is 0.667. The minimum absolute atomic E-state index is 0.574. The van der Waals surface area contributed by atoms with Gasteiger partial charge in [-0.1, -0.05) is 0 Å². The molecule has 0 spiro atoms. The molecule has 4 heteroatoms. The molecule has 86 valence electrons. The molecule has 3 heterocycles. The van der Waals surface area contributed by atoms with Crippen molar-refractivity contribution < 1.29 is 0 Å². The Kier molecular flexibility index (Phi) is 2.52. The molecular weight excluding hydrogens is 200 g/mol. The van der Waals surface area contributed by atoms with Gasteiger partial charge in [0.05, 0.1) is 6.20 Å². The maximum absolute atomic E-state index is 4.28. The molecule has 0 aliphatic carbocycles. The van der Waals surface area contributed by atoms with Crippen LogP contribution in [0.5, 0.6) is 0 Å². The van der Waals surface area contributed by atoms with Crippen molar-refractivity contribution in [3.05, 3.63) is 18.6 Å². The average molecular weight is 218 g/mol. The standard InChI is InChI=1S/C12H18N4/c1-16-10-2-3-11(16)7-9(6-10)15-12-8-13-4-5-14-12/h4-5,8-11H,2-3,6-7H2,1H3,(H,14,15). The summed E-state index contributed by atoms with van der Waals surface area (Å²) in [5.74, 6) is 0.913. The highest BCUT2D eigenvalue weighted by Crippen LogP contribution is 2.35. The second-order valence-electron chi connectivity index (χ2n) is 4.95. The van der Waals surface area contributed by atoms with Gasteiger partial charge in [-0.15, -0.1) is 0 Å². The van der Waals surface area contributed by atoms with E-state index in [4.69, 9.17) is 0 Å². The van der Waals surface area contributed by atoms with Crippen LogP contribution in [0.25, 0.3) is 0 Å². The summed E-state index contributed by atoms with van der Waals surface area (Å²) >= 11 is 0. The molecule has 3 rings (SSSR count). The summed E-state index contributed by atoms with van der Waals surface area (Å²) in [4.78, 5) is 10.9. The van der Waals surface area contributed by atoms with E-state index in [1.165, 1.54) is 25.7 Å². The molecule has 0 radical (unpaired) electrons. The second-order valence-corrected chi connectivity index (χ2v) is 4.95. The van der Waals surface area contributed by atoms with Crippen molar-refractivity contribution in [2.75, 3.05) is 12.4 Å². The second kappa shape index (κ2) is 4.01. The Balaban J connectivity index is 1.66. The molecule has 1 N–H and O–H groups in total. The number of anilines is 1. The number of piperidine rings is 1. The van der Waals surface area contributed by atoms with Crippen LogP contribution in [0.4, 0.5) is 5.82 Å². The Labute approximate surface area is 96.1 Å². The minimum atomic E-state index is 0.574. The maximum atomic E-state index is 4.28. The fourth-order valence-electron chi connectivity index (χ4n) is 3.11. The van der Waals surface area contributed by atoms with E-state index in [1.807, 2.05) is 0 Å². The molecule has 2 aliphatic heterocycles. The quantitative estimate of drug-likeness (QED) is 0.817. The predicted molar refractivity (Wildman–Crippen MR) is 63.2 cm³/mol. The summed E-state index contributed by atoms with van der Waals surface area (Å²) in [6.07, 6.45) is 10.5. The smallest absolute Gasteiger partial charge is 0.144 e. The molecule has 0 aromatic carbocycles. The van der Waals surface area contributed by atoms with Crippen LogP contribution in [0.15, 0.2) is 18.6 Å². The van der Waals surface area contributed by atoms with Gasteiger partial charge in [0, 0.05) is 30.5 Å². The van der Waals surface area contributed by atoms with Crippen molar-refractivity contribution in [2.24, 2.45) is 0 Å². The summed E-state index contributed by atoms with van der Waals surface area (Å²) in [6, 6.07) is 2.12. The first-order chi connectivity index (χ1) is 7.83. The third-order valence-electron chi connectivity index (χ3n) is 4.01. The molecule has 4 nitrogen and oxygen atoms in total. The largest absolute Gasteiger partial charge is 0.366 e. The lowest BCUT2D eigenvalue weighted by molar-refractivity contribution is 0.168. The lowest BCUT2D eigenvalue weighted by Crippen LogP contribution is -2.44. The van der Waals surface area contributed by atoms with Gasteiger partial charge in [0.15, 0.2) is 0 Å². The van der Waals surface area contributed by atoms with Crippen molar-refractivity contribution in [1.82, 2.24) is 14.9 Å². The number of hydrogen-bond acceptors (Lipinski definition) is 4. The zero-order chi connectivity index (χ0) is 11.0. The van der Waals surface area contributed by atoms with Crippen LogP contribution in [0.1, 0.15) is 25.7 Å². The fourth-order valence-corrected chi connectivity index (χ4v) is 3.11. The van der Waals surface area contributed by atoms with Gasteiger partial charge in [0.2, 0.25) is 0 Å². The summed E-state index contributed by atoms with van der Waals surface area (Å²) in [5.41, 5.74) is 0. The van der Waals surface area contributed by atoms with Gasteiger partial charge in [-0.3, -0.25) is 4.98 Å². The summed E-state index contributed by atoms with van der Waals surface area (Å²) in [5, 5.41) is 3.50. The predicted octanol–water partition coefficient (Wildman–Crippen LogP) is 1.51. The van der Waals surface area contributed by atoms with E-state index >= 15 is 0 Å². The summed E-state index contributed by atoms with van der Waals surface area (Å²) in [7, 11) is 2.26. The van der Waals surface area contributed by atoms with Crippen molar-refractivity contribution in [3.8, 4) is 0 Å². The van der Waals surface area contributed by atoms with Crippen LogP contribution >= 0.6 is 0 Å². The number of rotatable bonds is 2. The first-order valence-electron chi connectivity index (χ1n) is 6.07. The molecule has 2 atom stereocenters. The molecule has 2 fully saturated rings. The summed E-state index contributed by atoms with van der Waals surface area (Å²) < 4.78 is 0. The molecule has 2 aliphatic rings. The Morgan fingerprint density at radius 1 is 1.25 bits per heavy atom. The lowest BCUT2D eigenvalue weighted by atomic mass is 9.98. The van der Waals surface area contributed by atoms with Gasteiger partial charge in [-0.2, -0.15) is 0 Å². The molecule has 0 amide bonds. The average Bonchev–Trinajstić information content (AvgIpc) is 2.54. The van der Waals surface area contributed by atoms with Gasteiger partial charge in [-0.05, 0) is 32.7 Å². The number of nitrogens with zero attached hydrogens (tertiary/aromatic N) is 3. The lowest BCUT2D eigenvalue weighted by Gasteiger charge is -2.36. The molecule has 1 aromatic rings. The molecule has 2 saturated heterocycles. The van der Waals surface area contributed by atoms with Crippen LogP contribution in [0.2, 0.25) is 0 Å². The Morgan fingerprint density at radius 2 is 2.00 bits per heavy atom. The molecule has 2 unspecified atom stereocenters. The van der Waals surface area contributed by atoms with Gasteiger partial charge in [0.25, 0.3) is 0 Å². The first-order valence-corrected chi connectivity index (χ1v) is 6.07. The van der Waals surface area contributed by atoms with Crippen molar-refractivity contribution >= 4 is 5.82 Å². The monoisotopic (exact) mass is 218 g/mol. The third-order valence-corrected chi connectivity index (χ3v) is 4.01. The van der Waals surface area contributed by atoms with Crippen LogP contribution in [-0.4, -0.2) is 40.0 Å². The van der Waals surface area contributed by atoms with Gasteiger partial charge >= 0.3 is 0 Å².